The fraction of sp³-hybridized carbons (Fsp3) is 0.333. The van der Waals surface area contributed by atoms with E-state index in [9.17, 15) is 0 Å². The number of hydrogen-bond donors (Lipinski definition) is 3. The maximum absolute atomic E-state index is 5.42. The van der Waals surface area contributed by atoms with Crippen molar-refractivity contribution in [3.8, 4) is 0 Å². The number of anilines is 2. The highest BCUT2D eigenvalue weighted by molar-refractivity contribution is 7.18. The fourth-order valence-electron chi connectivity index (χ4n) is 2.03. The van der Waals surface area contributed by atoms with Crippen molar-refractivity contribution in [1.29, 1.82) is 0 Å². The first kappa shape index (κ1) is 13.7. The number of nitrogens with one attached hydrogen (secondary N) is 2. The zero-order valence-corrected chi connectivity index (χ0v) is 12.6. The predicted molar refractivity (Wildman–Crippen MR) is 83.2 cm³/mol. The fourth-order valence-corrected chi connectivity index (χ4v) is 2.91. The molecule has 0 aliphatic heterocycles. The van der Waals surface area contributed by atoms with Gasteiger partial charge in [-0.05, 0) is 13.0 Å². The highest BCUT2D eigenvalue weighted by Crippen LogP contribution is 2.29. The summed E-state index contributed by atoms with van der Waals surface area (Å²) >= 11 is 1.61. The van der Waals surface area contributed by atoms with E-state index < -0.39 is 0 Å². The van der Waals surface area contributed by atoms with Gasteiger partial charge >= 0.3 is 0 Å². The highest BCUT2D eigenvalue weighted by atomic mass is 32.1. The molecule has 9 heteroatoms. The largest absolute Gasteiger partial charge is 0.369 e. The summed E-state index contributed by atoms with van der Waals surface area (Å²) < 4.78 is 1.69. The summed E-state index contributed by atoms with van der Waals surface area (Å²) in [6.07, 6.45) is 2.41. The zero-order valence-electron chi connectivity index (χ0n) is 11.8. The summed E-state index contributed by atoms with van der Waals surface area (Å²) in [4.78, 5) is 15.0. The van der Waals surface area contributed by atoms with E-state index in [1.54, 1.807) is 22.3 Å². The van der Waals surface area contributed by atoms with Crippen LogP contribution in [0.2, 0.25) is 0 Å². The molecule has 0 fully saturated rings. The lowest BCUT2D eigenvalue weighted by Gasteiger charge is -2.07. The van der Waals surface area contributed by atoms with Gasteiger partial charge in [0.25, 0.3) is 0 Å². The molecule has 3 aromatic rings. The van der Waals surface area contributed by atoms with E-state index in [2.05, 4.69) is 36.9 Å². The molecule has 3 aromatic heterocycles. The van der Waals surface area contributed by atoms with Crippen LogP contribution in [-0.2, 0) is 13.5 Å². The molecular weight excluding hydrogens is 288 g/mol. The quantitative estimate of drug-likeness (QED) is 0.478. The summed E-state index contributed by atoms with van der Waals surface area (Å²) in [5.41, 5.74) is 2.50. The molecule has 3 heterocycles. The summed E-state index contributed by atoms with van der Waals surface area (Å²) in [6.45, 7) is 2.73. The average Bonchev–Trinajstić information content (AvgIpc) is 3.03. The van der Waals surface area contributed by atoms with Crippen LogP contribution in [0.25, 0.3) is 10.2 Å². The maximum Gasteiger partial charge on any atom is 0.240 e. The van der Waals surface area contributed by atoms with Gasteiger partial charge in [0.15, 0.2) is 5.82 Å². The Kier molecular flexibility index (Phi) is 3.67. The van der Waals surface area contributed by atoms with Crippen LogP contribution in [0.1, 0.15) is 10.7 Å². The number of nitrogens with two attached hydrogens (primary N) is 1. The van der Waals surface area contributed by atoms with Gasteiger partial charge in [-0.3, -0.25) is 10.1 Å². The van der Waals surface area contributed by atoms with Crippen LogP contribution in [0.3, 0.4) is 0 Å². The van der Waals surface area contributed by atoms with Gasteiger partial charge in [-0.2, -0.15) is 10.1 Å². The van der Waals surface area contributed by atoms with Crippen LogP contribution in [0.15, 0.2) is 12.4 Å². The SMILES string of the molecule is Cc1cc2c(NCCc3ncn(C)n3)nc(NN)nc2s1. The number of aromatic nitrogens is 5. The Morgan fingerprint density at radius 2 is 2.24 bits per heavy atom. The van der Waals surface area contributed by atoms with Gasteiger partial charge in [-0.25, -0.2) is 15.8 Å². The van der Waals surface area contributed by atoms with E-state index in [1.807, 2.05) is 14.0 Å². The topological polar surface area (TPSA) is 107 Å². The first-order valence-corrected chi connectivity index (χ1v) is 7.30. The van der Waals surface area contributed by atoms with E-state index in [1.165, 1.54) is 4.88 Å². The normalized spacial score (nSPS) is 11.0. The molecule has 4 N–H and O–H groups in total. The van der Waals surface area contributed by atoms with Crippen molar-refractivity contribution < 1.29 is 0 Å². The lowest BCUT2D eigenvalue weighted by atomic mass is 10.3. The van der Waals surface area contributed by atoms with Crippen LogP contribution in [-0.4, -0.2) is 31.3 Å². The third-order valence-corrected chi connectivity index (χ3v) is 3.88. The number of nitrogen functional groups attached to an aromatic ring is 1. The second kappa shape index (κ2) is 5.62. The van der Waals surface area contributed by atoms with E-state index >= 15 is 0 Å². The molecular formula is C12H16N8S. The number of rotatable bonds is 5. The predicted octanol–water partition coefficient (Wildman–Crippen LogP) is 1.07. The molecule has 0 unspecified atom stereocenters. The van der Waals surface area contributed by atoms with Crippen LogP contribution >= 0.6 is 11.3 Å². The number of thiophene rings is 1. The van der Waals surface area contributed by atoms with Crippen molar-refractivity contribution in [2.24, 2.45) is 12.9 Å². The van der Waals surface area contributed by atoms with Crippen LogP contribution < -0.4 is 16.6 Å². The van der Waals surface area contributed by atoms with Gasteiger partial charge < -0.3 is 5.32 Å². The molecule has 0 aromatic carbocycles. The van der Waals surface area contributed by atoms with Crippen LogP contribution in [0.5, 0.6) is 0 Å². The first-order chi connectivity index (χ1) is 10.2. The molecule has 0 aliphatic rings. The molecule has 21 heavy (non-hydrogen) atoms. The van der Waals surface area contributed by atoms with E-state index in [-0.39, 0.29) is 0 Å². The molecule has 8 nitrogen and oxygen atoms in total. The van der Waals surface area contributed by atoms with Crippen LogP contribution in [0, 0.1) is 6.92 Å². The Labute approximate surface area is 125 Å². The lowest BCUT2D eigenvalue weighted by molar-refractivity contribution is 0.742. The van der Waals surface area contributed by atoms with Gasteiger partial charge in [-0.1, -0.05) is 0 Å². The third-order valence-electron chi connectivity index (χ3n) is 2.93. The second-order valence-electron chi connectivity index (χ2n) is 4.63. The minimum Gasteiger partial charge on any atom is -0.369 e. The maximum atomic E-state index is 5.42. The van der Waals surface area contributed by atoms with Crippen LogP contribution in [0.4, 0.5) is 11.8 Å². The minimum absolute atomic E-state index is 0.405. The number of aryl methyl sites for hydroxylation is 2. The zero-order chi connectivity index (χ0) is 14.8. The van der Waals surface area contributed by atoms with Gasteiger partial charge in [0.05, 0.1) is 5.39 Å². The Hall–Kier alpha value is -2.26. The van der Waals surface area contributed by atoms with Crippen molar-refractivity contribution in [3.63, 3.8) is 0 Å². The van der Waals surface area contributed by atoms with Crippen molar-refractivity contribution in [3.05, 3.63) is 23.1 Å². The smallest absolute Gasteiger partial charge is 0.240 e. The highest BCUT2D eigenvalue weighted by Gasteiger charge is 2.10. The Morgan fingerprint density at radius 3 is 2.95 bits per heavy atom. The number of hydrogen-bond acceptors (Lipinski definition) is 8. The molecule has 0 saturated heterocycles. The Bertz CT molecular complexity index is 762. The van der Waals surface area contributed by atoms with Crippen molar-refractivity contribution in [2.75, 3.05) is 17.3 Å². The van der Waals surface area contributed by atoms with Crippen molar-refractivity contribution in [2.45, 2.75) is 13.3 Å². The van der Waals surface area contributed by atoms with Gasteiger partial charge in [-0.15, -0.1) is 11.3 Å². The molecule has 0 radical (unpaired) electrons. The summed E-state index contributed by atoms with van der Waals surface area (Å²) in [7, 11) is 1.85. The second-order valence-corrected chi connectivity index (χ2v) is 5.86. The van der Waals surface area contributed by atoms with Gasteiger partial charge in [0.2, 0.25) is 5.95 Å². The van der Waals surface area contributed by atoms with Gasteiger partial charge in [0, 0.05) is 24.9 Å². The molecule has 0 bridgehead atoms. The summed E-state index contributed by atoms with van der Waals surface area (Å²) in [5.74, 6) is 7.39. The number of nitrogens with zero attached hydrogens (tertiary/aromatic N) is 5. The molecule has 0 aliphatic carbocycles. The standard InChI is InChI=1S/C12H16N8S/c1-7-5-8-10(16-12(18-13)17-11(8)21-7)14-4-3-9-15-6-20(2)19-9/h5-6H,3-4,13H2,1-2H3,(H2,14,16,17,18). The Morgan fingerprint density at radius 1 is 1.38 bits per heavy atom. The lowest BCUT2D eigenvalue weighted by Crippen LogP contribution is -2.13. The molecule has 0 spiro atoms. The third kappa shape index (κ3) is 2.93. The summed E-state index contributed by atoms with van der Waals surface area (Å²) in [6, 6.07) is 2.07. The molecule has 3 rings (SSSR count). The Balaban J connectivity index is 1.78. The van der Waals surface area contributed by atoms with E-state index in [0.717, 1.165) is 28.3 Å². The number of fused-ring (bicyclic) bond motifs is 1. The molecule has 110 valence electrons. The van der Waals surface area contributed by atoms with Crippen molar-refractivity contribution in [1.82, 2.24) is 24.7 Å². The summed E-state index contributed by atoms with van der Waals surface area (Å²) in [5, 5.41) is 8.55. The minimum atomic E-state index is 0.405. The molecule has 0 saturated carbocycles. The monoisotopic (exact) mass is 304 g/mol. The number of hydrazine groups is 1. The van der Waals surface area contributed by atoms with E-state index in [4.69, 9.17) is 5.84 Å². The molecule has 0 amide bonds. The average molecular weight is 304 g/mol. The van der Waals surface area contributed by atoms with Crippen molar-refractivity contribution >= 4 is 33.3 Å². The first-order valence-electron chi connectivity index (χ1n) is 6.49. The van der Waals surface area contributed by atoms with Gasteiger partial charge in [0.1, 0.15) is 17.0 Å². The van der Waals surface area contributed by atoms with E-state index in [0.29, 0.717) is 12.5 Å². The molecule has 0 atom stereocenters.